The highest BCUT2D eigenvalue weighted by Gasteiger charge is 2.32. The zero-order valence-corrected chi connectivity index (χ0v) is 12.3. The molecule has 2 heterocycles. The van der Waals surface area contributed by atoms with E-state index in [0.717, 1.165) is 29.1 Å². The largest absolute Gasteiger partial charge is 0.330 e. The number of anilines is 1. The van der Waals surface area contributed by atoms with Gasteiger partial charge < -0.3 is 10.6 Å². The van der Waals surface area contributed by atoms with Crippen molar-refractivity contribution >= 4 is 22.9 Å². The highest BCUT2D eigenvalue weighted by Crippen LogP contribution is 2.39. The molecule has 0 fully saturated rings. The smallest absolute Gasteiger partial charge is 0.268 e. The third-order valence-electron chi connectivity index (χ3n) is 3.89. The molecule has 1 atom stereocenters. The van der Waals surface area contributed by atoms with Crippen LogP contribution in [0.4, 0.5) is 5.69 Å². The molecule has 1 aliphatic rings. The molecule has 20 heavy (non-hydrogen) atoms. The van der Waals surface area contributed by atoms with Crippen LogP contribution in [0.15, 0.2) is 35.7 Å². The fraction of sp³-hybridized carbons (Fsp3) is 0.312. The molecule has 4 heteroatoms. The van der Waals surface area contributed by atoms with Crippen molar-refractivity contribution in [1.29, 1.82) is 0 Å². The molecule has 3 nitrogen and oxygen atoms in total. The zero-order chi connectivity index (χ0) is 14.1. The van der Waals surface area contributed by atoms with Gasteiger partial charge in [0.15, 0.2) is 0 Å². The first-order chi connectivity index (χ1) is 9.72. The van der Waals surface area contributed by atoms with Crippen molar-refractivity contribution in [1.82, 2.24) is 0 Å². The minimum Gasteiger partial charge on any atom is -0.330 e. The molecule has 0 radical (unpaired) electrons. The average molecular weight is 286 g/mol. The van der Waals surface area contributed by atoms with Crippen molar-refractivity contribution in [2.24, 2.45) is 5.73 Å². The maximum absolute atomic E-state index is 12.7. The first-order valence-electron chi connectivity index (χ1n) is 6.87. The van der Waals surface area contributed by atoms with Crippen LogP contribution in [0.25, 0.3) is 0 Å². The van der Waals surface area contributed by atoms with Gasteiger partial charge in [-0.2, -0.15) is 0 Å². The third-order valence-corrected chi connectivity index (χ3v) is 4.89. The molecular weight excluding hydrogens is 268 g/mol. The Morgan fingerprint density at radius 1 is 1.40 bits per heavy atom. The Hall–Kier alpha value is -1.65. The Morgan fingerprint density at radius 2 is 2.20 bits per heavy atom. The van der Waals surface area contributed by atoms with Gasteiger partial charge in [0.1, 0.15) is 0 Å². The minimum absolute atomic E-state index is 0.115. The number of hydrogen-bond donors (Lipinski definition) is 1. The van der Waals surface area contributed by atoms with Crippen LogP contribution in [0, 0.1) is 6.92 Å². The molecular formula is C16H18N2OS. The molecule has 2 N–H and O–H groups in total. The predicted molar refractivity (Wildman–Crippen MR) is 83.6 cm³/mol. The molecule has 1 unspecified atom stereocenters. The fourth-order valence-corrected chi connectivity index (χ4v) is 3.72. The normalized spacial score (nSPS) is 17.3. The molecule has 0 aliphatic carbocycles. The summed E-state index contributed by atoms with van der Waals surface area (Å²) < 4.78 is 0. The second kappa shape index (κ2) is 5.38. The maximum atomic E-state index is 12.7. The summed E-state index contributed by atoms with van der Waals surface area (Å²) in [7, 11) is 0. The molecule has 0 saturated carbocycles. The predicted octanol–water partition coefficient (Wildman–Crippen LogP) is 3.15. The Labute approximate surface area is 123 Å². The minimum atomic E-state index is 0.115. The van der Waals surface area contributed by atoms with Crippen molar-refractivity contribution in [2.45, 2.75) is 19.3 Å². The van der Waals surface area contributed by atoms with Gasteiger partial charge in [-0.25, -0.2) is 0 Å². The van der Waals surface area contributed by atoms with E-state index in [1.54, 1.807) is 0 Å². The molecule has 1 aromatic carbocycles. The van der Waals surface area contributed by atoms with Crippen molar-refractivity contribution in [3.8, 4) is 0 Å². The number of carbonyl (C=O) groups excluding carboxylic acids is 1. The van der Waals surface area contributed by atoms with Crippen molar-refractivity contribution < 1.29 is 4.79 Å². The fourth-order valence-electron chi connectivity index (χ4n) is 2.85. The summed E-state index contributed by atoms with van der Waals surface area (Å²) in [6, 6.07) is 10.2. The monoisotopic (exact) mass is 286 g/mol. The summed E-state index contributed by atoms with van der Waals surface area (Å²) in [6.45, 7) is 3.38. The van der Waals surface area contributed by atoms with E-state index in [9.17, 15) is 4.79 Å². The summed E-state index contributed by atoms with van der Waals surface area (Å²) in [5.41, 5.74) is 9.06. The quantitative estimate of drug-likeness (QED) is 0.942. The summed E-state index contributed by atoms with van der Waals surface area (Å²) in [6.07, 6.45) is 0.921. The lowest BCUT2D eigenvalue weighted by atomic mass is 9.98. The van der Waals surface area contributed by atoms with Gasteiger partial charge in [-0.3, -0.25) is 4.79 Å². The molecule has 104 valence electrons. The lowest BCUT2D eigenvalue weighted by Crippen LogP contribution is -2.30. The van der Waals surface area contributed by atoms with Crippen LogP contribution in [-0.2, 0) is 0 Å². The SMILES string of the molecule is Cc1ccsc1C(=O)N1CC(CCN)c2ccccc21. The number of aryl methyl sites for hydroxylation is 1. The van der Waals surface area contributed by atoms with E-state index in [1.165, 1.54) is 16.9 Å². The Kier molecular flexibility index (Phi) is 3.59. The van der Waals surface area contributed by atoms with Gasteiger partial charge in [-0.1, -0.05) is 18.2 Å². The van der Waals surface area contributed by atoms with Gasteiger partial charge in [-0.05, 0) is 48.5 Å². The number of thiophene rings is 1. The van der Waals surface area contributed by atoms with E-state index < -0.39 is 0 Å². The Bertz CT molecular complexity index is 635. The van der Waals surface area contributed by atoms with Crippen LogP contribution in [0.1, 0.15) is 33.1 Å². The standard InChI is InChI=1S/C16H18N2OS/c1-11-7-9-20-15(11)16(19)18-10-12(6-8-17)13-4-2-3-5-14(13)18/h2-5,7,9,12H,6,8,10,17H2,1H3. The number of nitrogens with two attached hydrogens (primary N) is 1. The van der Waals surface area contributed by atoms with Gasteiger partial charge in [-0.15, -0.1) is 11.3 Å². The number of fused-ring (bicyclic) bond motifs is 1. The summed E-state index contributed by atoms with van der Waals surface area (Å²) in [5.74, 6) is 0.477. The summed E-state index contributed by atoms with van der Waals surface area (Å²) >= 11 is 1.52. The summed E-state index contributed by atoms with van der Waals surface area (Å²) in [4.78, 5) is 15.5. The van der Waals surface area contributed by atoms with Gasteiger partial charge in [0.05, 0.1) is 4.88 Å². The van der Waals surface area contributed by atoms with Gasteiger partial charge in [0, 0.05) is 18.2 Å². The molecule has 0 bridgehead atoms. The number of hydrogen-bond acceptors (Lipinski definition) is 3. The summed E-state index contributed by atoms with van der Waals surface area (Å²) in [5, 5.41) is 1.97. The number of para-hydroxylation sites is 1. The molecule has 1 aliphatic heterocycles. The number of nitrogens with zero attached hydrogens (tertiary/aromatic N) is 1. The number of amides is 1. The van der Waals surface area contributed by atoms with E-state index in [1.807, 2.05) is 41.5 Å². The molecule has 0 spiro atoms. The lowest BCUT2D eigenvalue weighted by Gasteiger charge is -2.17. The molecule has 2 aromatic rings. The van der Waals surface area contributed by atoms with Gasteiger partial charge >= 0.3 is 0 Å². The van der Waals surface area contributed by atoms with E-state index in [-0.39, 0.29) is 5.91 Å². The van der Waals surface area contributed by atoms with E-state index in [2.05, 4.69) is 6.07 Å². The van der Waals surface area contributed by atoms with Crippen LogP contribution >= 0.6 is 11.3 Å². The molecule has 1 amide bonds. The van der Waals surface area contributed by atoms with E-state index in [0.29, 0.717) is 12.5 Å². The Morgan fingerprint density at radius 3 is 2.90 bits per heavy atom. The maximum Gasteiger partial charge on any atom is 0.268 e. The topological polar surface area (TPSA) is 46.3 Å². The zero-order valence-electron chi connectivity index (χ0n) is 11.5. The van der Waals surface area contributed by atoms with Gasteiger partial charge in [0.2, 0.25) is 0 Å². The highest BCUT2D eigenvalue weighted by molar-refractivity contribution is 7.12. The second-order valence-corrected chi connectivity index (χ2v) is 6.10. The van der Waals surface area contributed by atoms with Gasteiger partial charge in [0.25, 0.3) is 5.91 Å². The average Bonchev–Trinajstić information content (AvgIpc) is 3.03. The van der Waals surface area contributed by atoms with Crippen molar-refractivity contribution in [2.75, 3.05) is 18.0 Å². The van der Waals surface area contributed by atoms with Crippen LogP contribution in [0.3, 0.4) is 0 Å². The first kappa shape index (κ1) is 13.3. The van der Waals surface area contributed by atoms with E-state index in [4.69, 9.17) is 5.73 Å². The molecule has 0 saturated heterocycles. The third kappa shape index (κ3) is 2.15. The number of benzene rings is 1. The highest BCUT2D eigenvalue weighted by atomic mass is 32.1. The van der Waals surface area contributed by atoms with E-state index >= 15 is 0 Å². The van der Waals surface area contributed by atoms with Crippen LogP contribution < -0.4 is 10.6 Å². The number of rotatable bonds is 3. The Balaban J connectivity index is 1.96. The van der Waals surface area contributed by atoms with Crippen molar-refractivity contribution in [3.63, 3.8) is 0 Å². The second-order valence-electron chi connectivity index (χ2n) is 5.18. The van der Waals surface area contributed by atoms with Crippen LogP contribution in [0.5, 0.6) is 0 Å². The first-order valence-corrected chi connectivity index (χ1v) is 7.75. The van der Waals surface area contributed by atoms with Crippen LogP contribution in [-0.4, -0.2) is 19.0 Å². The lowest BCUT2D eigenvalue weighted by molar-refractivity contribution is 0.0991. The number of carbonyl (C=O) groups is 1. The van der Waals surface area contributed by atoms with Crippen molar-refractivity contribution in [3.05, 3.63) is 51.7 Å². The van der Waals surface area contributed by atoms with Crippen LogP contribution in [0.2, 0.25) is 0 Å². The molecule has 3 rings (SSSR count). The molecule has 1 aromatic heterocycles.